The van der Waals surface area contributed by atoms with Crippen molar-refractivity contribution in [3.63, 3.8) is 0 Å². The van der Waals surface area contributed by atoms with Crippen LogP contribution in [-0.2, 0) is 4.74 Å². The van der Waals surface area contributed by atoms with Gasteiger partial charge in [-0.25, -0.2) is 0 Å². The smallest absolute Gasteiger partial charge is 0.0586 e. The molecule has 0 heterocycles. The van der Waals surface area contributed by atoms with E-state index in [1.807, 2.05) is 7.11 Å². The van der Waals surface area contributed by atoms with Crippen molar-refractivity contribution in [1.29, 1.82) is 0 Å². The first-order chi connectivity index (χ1) is 6.88. The Bertz CT molecular complexity index is 202. The van der Waals surface area contributed by atoms with Gasteiger partial charge in [0.15, 0.2) is 0 Å². The molecule has 1 saturated carbocycles. The minimum atomic E-state index is 0.500. The monoisotopic (exact) mass is 195 g/mol. The zero-order valence-corrected chi connectivity index (χ0v) is 9.04. The third-order valence-corrected chi connectivity index (χ3v) is 3.42. The number of nitrogens with one attached hydrogen (secondary N) is 1. The van der Waals surface area contributed by atoms with Gasteiger partial charge in [-0.3, -0.25) is 0 Å². The minimum Gasteiger partial charge on any atom is -0.381 e. The van der Waals surface area contributed by atoms with Crippen LogP contribution in [0.1, 0.15) is 38.5 Å². The van der Waals surface area contributed by atoms with E-state index in [0.717, 1.165) is 0 Å². The summed E-state index contributed by atoms with van der Waals surface area (Å²) in [5.41, 5.74) is 0. The normalized spacial score (nSPS) is 37.6. The predicted octanol–water partition coefficient (Wildman–Crippen LogP) is 2.25. The van der Waals surface area contributed by atoms with E-state index in [1.165, 1.54) is 38.5 Å². The first-order valence-electron chi connectivity index (χ1n) is 5.84. The maximum Gasteiger partial charge on any atom is 0.0586 e. The van der Waals surface area contributed by atoms with Gasteiger partial charge in [0.1, 0.15) is 0 Å². The van der Waals surface area contributed by atoms with Gasteiger partial charge in [-0.1, -0.05) is 12.2 Å². The molecule has 80 valence electrons. The summed E-state index contributed by atoms with van der Waals surface area (Å²) in [6.45, 7) is 0. The molecular weight excluding hydrogens is 174 g/mol. The van der Waals surface area contributed by atoms with E-state index < -0.39 is 0 Å². The van der Waals surface area contributed by atoms with Gasteiger partial charge in [0, 0.05) is 19.2 Å². The summed E-state index contributed by atoms with van der Waals surface area (Å²) in [6, 6.07) is 1.32. The van der Waals surface area contributed by atoms with Crippen LogP contribution in [0.15, 0.2) is 12.2 Å². The number of allylic oxidation sites excluding steroid dienone is 1. The van der Waals surface area contributed by atoms with Crippen LogP contribution in [0.5, 0.6) is 0 Å². The standard InChI is InChI=1S/C12H21NO/c1-14-12-8-7-11(9-12)13-10-5-3-2-4-6-10/h3,5,10-13H,2,4,6-9H2,1H3. The molecule has 0 aromatic heterocycles. The van der Waals surface area contributed by atoms with Gasteiger partial charge >= 0.3 is 0 Å². The van der Waals surface area contributed by atoms with Crippen molar-refractivity contribution < 1.29 is 4.74 Å². The summed E-state index contributed by atoms with van der Waals surface area (Å²) in [7, 11) is 1.83. The van der Waals surface area contributed by atoms with Gasteiger partial charge in [0.05, 0.1) is 6.10 Å². The Morgan fingerprint density at radius 1 is 1.29 bits per heavy atom. The Hall–Kier alpha value is -0.340. The van der Waals surface area contributed by atoms with Crippen molar-refractivity contribution in [2.45, 2.75) is 56.7 Å². The topological polar surface area (TPSA) is 21.3 Å². The fourth-order valence-corrected chi connectivity index (χ4v) is 2.56. The largest absolute Gasteiger partial charge is 0.381 e. The molecule has 2 nitrogen and oxygen atoms in total. The molecule has 0 aromatic rings. The van der Waals surface area contributed by atoms with E-state index in [2.05, 4.69) is 17.5 Å². The van der Waals surface area contributed by atoms with Gasteiger partial charge < -0.3 is 10.1 Å². The molecule has 0 spiro atoms. The number of methoxy groups -OCH3 is 1. The zero-order valence-electron chi connectivity index (χ0n) is 9.04. The molecular formula is C12H21NO. The first kappa shape index (κ1) is 10.2. The maximum atomic E-state index is 5.37. The van der Waals surface area contributed by atoms with Crippen LogP contribution in [-0.4, -0.2) is 25.3 Å². The summed E-state index contributed by atoms with van der Waals surface area (Å²) >= 11 is 0. The molecule has 3 atom stereocenters. The molecule has 1 fully saturated rings. The highest BCUT2D eigenvalue weighted by atomic mass is 16.5. The van der Waals surface area contributed by atoms with E-state index in [-0.39, 0.29) is 0 Å². The van der Waals surface area contributed by atoms with Crippen LogP contribution in [0.25, 0.3) is 0 Å². The SMILES string of the molecule is COC1CCC(NC2C=CCCC2)C1. The fraction of sp³-hybridized carbons (Fsp3) is 0.833. The molecule has 2 heteroatoms. The third kappa shape index (κ3) is 2.58. The van der Waals surface area contributed by atoms with E-state index in [0.29, 0.717) is 18.2 Å². The molecule has 2 aliphatic carbocycles. The Balaban J connectivity index is 1.75. The highest BCUT2D eigenvalue weighted by molar-refractivity contribution is 4.99. The molecule has 2 rings (SSSR count). The zero-order chi connectivity index (χ0) is 9.80. The lowest BCUT2D eigenvalue weighted by Crippen LogP contribution is -2.36. The van der Waals surface area contributed by atoms with Gasteiger partial charge in [-0.2, -0.15) is 0 Å². The molecule has 0 amide bonds. The molecule has 14 heavy (non-hydrogen) atoms. The highest BCUT2D eigenvalue weighted by Crippen LogP contribution is 2.23. The van der Waals surface area contributed by atoms with Crippen molar-refractivity contribution in [1.82, 2.24) is 5.32 Å². The Morgan fingerprint density at radius 3 is 2.86 bits per heavy atom. The average molecular weight is 195 g/mol. The second-order valence-corrected chi connectivity index (χ2v) is 4.50. The molecule has 0 radical (unpaired) electrons. The molecule has 3 unspecified atom stereocenters. The van der Waals surface area contributed by atoms with Gasteiger partial charge in [-0.05, 0) is 38.5 Å². The van der Waals surface area contributed by atoms with Crippen molar-refractivity contribution >= 4 is 0 Å². The van der Waals surface area contributed by atoms with E-state index in [9.17, 15) is 0 Å². The first-order valence-corrected chi connectivity index (χ1v) is 5.84. The third-order valence-electron chi connectivity index (χ3n) is 3.42. The van der Waals surface area contributed by atoms with Gasteiger partial charge in [0.2, 0.25) is 0 Å². The molecule has 0 aliphatic heterocycles. The number of hydrogen-bond donors (Lipinski definition) is 1. The van der Waals surface area contributed by atoms with Crippen LogP contribution >= 0.6 is 0 Å². The van der Waals surface area contributed by atoms with Crippen LogP contribution in [0.3, 0.4) is 0 Å². The summed E-state index contributed by atoms with van der Waals surface area (Å²) in [6.07, 6.45) is 12.8. The minimum absolute atomic E-state index is 0.500. The van der Waals surface area contributed by atoms with Crippen molar-refractivity contribution in [3.8, 4) is 0 Å². The second-order valence-electron chi connectivity index (χ2n) is 4.50. The van der Waals surface area contributed by atoms with Crippen LogP contribution in [0, 0.1) is 0 Å². The maximum absolute atomic E-state index is 5.37. The van der Waals surface area contributed by atoms with Crippen LogP contribution in [0.4, 0.5) is 0 Å². The van der Waals surface area contributed by atoms with Crippen molar-refractivity contribution in [3.05, 3.63) is 12.2 Å². The molecule has 0 bridgehead atoms. The predicted molar refractivity (Wildman–Crippen MR) is 58.4 cm³/mol. The average Bonchev–Trinajstić information content (AvgIpc) is 2.67. The van der Waals surface area contributed by atoms with Gasteiger partial charge in [0.25, 0.3) is 0 Å². The van der Waals surface area contributed by atoms with Crippen LogP contribution < -0.4 is 5.32 Å². The second kappa shape index (κ2) is 4.94. The summed E-state index contributed by atoms with van der Waals surface area (Å²) in [4.78, 5) is 0. The van der Waals surface area contributed by atoms with Gasteiger partial charge in [-0.15, -0.1) is 0 Å². The molecule has 0 saturated heterocycles. The number of rotatable bonds is 3. The quantitative estimate of drug-likeness (QED) is 0.697. The lowest BCUT2D eigenvalue weighted by Gasteiger charge is -2.22. The lowest BCUT2D eigenvalue weighted by molar-refractivity contribution is 0.106. The molecule has 0 aromatic carbocycles. The number of ether oxygens (including phenoxy) is 1. The Labute approximate surface area is 86.7 Å². The summed E-state index contributed by atoms with van der Waals surface area (Å²) < 4.78 is 5.37. The van der Waals surface area contributed by atoms with E-state index in [4.69, 9.17) is 4.74 Å². The Kier molecular flexibility index (Phi) is 3.60. The van der Waals surface area contributed by atoms with Crippen molar-refractivity contribution in [2.24, 2.45) is 0 Å². The fourth-order valence-electron chi connectivity index (χ4n) is 2.56. The van der Waals surface area contributed by atoms with E-state index >= 15 is 0 Å². The Morgan fingerprint density at radius 2 is 2.21 bits per heavy atom. The molecule has 2 aliphatic rings. The lowest BCUT2D eigenvalue weighted by atomic mass is 10.0. The summed E-state index contributed by atoms with van der Waals surface area (Å²) in [5, 5.41) is 3.72. The molecule has 1 N–H and O–H groups in total. The summed E-state index contributed by atoms with van der Waals surface area (Å²) in [5.74, 6) is 0. The number of hydrogen-bond acceptors (Lipinski definition) is 2. The van der Waals surface area contributed by atoms with Crippen LogP contribution in [0.2, 0.25) is 0 Å². The van der Waals surface area contributed by atoms with Crippen molar-refractivity contribution in [2.75, 3.05) is 7.11 Å². The van der Waals surface area contributed by atoms with E-state index in [1.54, 1.807) is 0 Å². The highest BCUT2D eigenvalue weighted by Gasteiger charge is 2.25.